The van der Waals surface area contributed by atoms with Gasteiger partial charge in [-0.15, -0.1) is 0 Å². The fraction of sp³-hybridized carbons (Fsp3) is 0.824. The van der Waals surface area contributed by atoms with E-state index < -0.39 is 6.18 Å². The number of nitrogens with zero attached hydrogens (tertiary/aromatic N) is 1. The Kier molecular flexibility index (Phi) is 11.9. The zero-order chi connectivity index (χ0) is 21.1. The molecule has 2 N–H and O–H groups in total. The van der Waals surface area contributed by atoms with Crippen molar-refractivity contribution < 1.29 is 32.7 Å². The summed E-state index contributed by atoms with van der Waals surface area (Å²) in [5.41, 5.74) is 0.439. The summed E-state index contributed by atoms with van der Waals surface area (Å²) in [5, 5.41) is 9.29. The summed E-state index contributed by atoms with van der Waals surface area (Å²) in [5.74, 6) is 2.24. The average Bonchev–Trinajstić information content (AvgIpc) is 2.83. The van der Waals surface area contributed by atoms with Crippen LogP contribution in [0.2, 0.25) is 0 Å². The third kappa shape index (κ3) is 12.5. The van der Waals surface area contributed by atoms with Gasteiger partial charge in [-0.1, -0.05) is 34.6 Å². The molecular weight excluding hydrogens is 353 g/mol. The molecule has 2 aliphatic rings. The molecule has 2 amide bonds. The SMILES string of the molecule is CC(C)C.CC(F)(F)F.CC1(C)C2CN(C(=O)CNC=O)CC21.O=CO. The lowest BCUT2D eigenvalue weighted by molar-refractivity contribution is -0.131. The summed E-state index contributed by atoms with van der Waals surface area (Å²) in [6, 6.07) is 0. The number of fused-ring (bicyclic) bond motifs is 1. The summed E-state index contributed by atoms with van der Waals surface area (Å²) < 4.78 is 31.1. The van der Waals surface area contributed by atoms with E-state index in [0.29, 0.717) is 23.7 Å². The smallest absolute Gasteiger partial charge is 0.386 e. The molecule has 2 unspecified atom stereocenters. The zero-order valence-electron chi connectivity index (χ0n) is 16.3. The number of carboxylic acid groups (broad SMARTS) is 1. The van der Waals surface area contributed by atoms with Gasteiger partial charge in [0.1, 0.15) is 0 Å². The van der Waals surface area contributed by atoms with Crippen LogP contribution in [0.1, 0.15) is 41.5 Å². The number of halogens is 3. The van der Waals surface area contributed by atoms with Crippen LogP contribution in [0.3, 0.4) is 0 Å². The van der Waals surface area contributed by atoms with Gasteiger partial charge in [-0.25, -0.2) is 0 Å². The van der Waals surface area contributed by atoms with Crippen LogP contribution < -0.4 is 5.32 Å². The quantitative estimate of drug-likeness (QED) is 0.733. The highest BCUT2D eigenvalue weighted by Gasteiger charge is 2.62. The van der Waals surface area contributed by atoms with Crippen molar-refractivity contribution in [3.8, 4) is 0 Å². The van der Waals surface area contributed by atoms with E-state index >= 15 is 0 Å². The Morgan fingerprint density at radius 2 is 1.54 bits per heavy atom. The van der Waals surface area contributed by atoms with E-state index in [1.807, 2.05) is 4.90 Å². The molecule has 1 saturated heterocycles. The number of nitrogens with one attached hydrogen (secondary N) is 1. The first kappa shape index (κ1) is 26.4. The van der Waals surface area contributed by atoms with E-state index in [1.165, 1.54) is 0 Å². The Hall–Kier alpha value is -1.80. The monoisotopic (exact) mass is 384 g/mol. The van der Waals surface area contributed by atoms with Gasteiger partial charge >= 0.3 is 6.18 Å². The number of alkyl halides is 3. The molecular formula is C17H31F3N2O4. The first-order valence-corrected chi connectivity index (χ1v) is 8.31. The second-order valence-electron chi connectivity index (χ2n) is 7.45. The zero-order valence-corrected chi connectivity index (χ0v) is 16.3. The fourth-order valence-corrected chi connectivity index (χ4v) is 2.58. The molecule has 154 valence electrons. The minimum absolute atomic E-state index is 0.0418. The molecule has 1 saturated carbocycles. The lowest BCUT2D eigenvalue weighted by Crippen LogP contribution is -2.38. The molecule has 0 bridgehead atoms. The van der Waals surface area contributed by atoms with Gasteiger partial charge < -0.3 is 15.3 Å². The second kappa shape index (κ2) is 11.7. The topological polar surface area (TPSA) is 86.7 Å². The largest absolute Gasteiger partial charge is 0.483 e. The Morgan fingerprint density at radius 3 is 1.81 bits per heavy atom. The Bertz CT molecular complexity index is 417. The molecule has 2 rings (SSSR count). The van der Waals surface area contributed by atoms with Crippen LogP contribution in [0.25, 0.3) is 0 Å². The van der Waals surface area contributed by atoms with E-state index in [4.69, 9.17) is 9.90 Å². The maximum absolute atomic E-state index is 11.5. The van der Waals surface area contributed by atoms with Gasteiger partial charge in [0.2, 0.25) is 12.3 Å². The number of carbonyl (C=O) groups excluding carboxylic acids is 2. The van der Waals surface area contributed by atoms with Crippen LogP contribution in [-0.4, -0.2) is 54.6 Å². The molecule has 0 aromatic heterocycles. The molecule has 26 heavy (non-hydrogen) atoms. The van der Waals surface area contributed by atoms with Gasteiger partial charge in [0, 0.05) is 20.0 Å². The van der Waals surface area contributed by atoms with Crippen LogP contribution in [0.5, 0.6) is 0 Å². The first-order chi connectivity index (χ1) is 11.7. The van der Waals surface area contributed by atoms with Gasteiger partial charge in [-0.3, -0.25) is 14.4 Å². The number of likely N-dealkylation sites (tertiary alicyclic amines) is 1. The number of hydrogen-bond acceptors (Lipinski definition) is 3. The lowest BCUT2D eigenvalue weighted by Gasteiger charge is -2.21. The van der Waals surface area contributed by atoms with Crippen molar-refractivity contribution in [3.63, 3.8) is 0 Å². The van der Waals surface area contributed by atoms with Crippen LogP contribution in [0.15, 0.2) is 0 Å². The minimum Gasteiger partial charge on any atom is -0.483 e. The van der Waals surface area contributed by atoms with E-state index in [0.717, 1.165) is 19.0 Å². The van der Waals surface area contributed by atoms with Crippen LogP contribution in [-0.2, 0) is 14.4 Å². The predicted octanol–water partition coefficient (Wildman–Crippen LogP) is 2.78. The summed E-state index contributed by atoms with van der Waals surface area (Å²) in [6.07, 6.45) is -3.43. The van der Waals surface area contributed by atoms with Crippen LogP contribution in [0, 0.1) is 23.2 Å². The van der Waals surface area contributed by atoms with Gasteiger partial charge in [-0.05, 0) is 23.2 Å². The number of piperidine rings is 1. The Morgan fingerprint density at radius 1 is 1.23 bits per heavy atom. The highest BCUT2D eigenvalue weighted by molar-refractivity contribution is 5.80. The lowest BCUT2D eigenvalue weighted by atomic mass is 10.1. The van der Waals surface area contributed by atoms with Gasteiger partial charge in [-0.2, -0.15) is 13.2 Å². The first-order valence-electron chi connectivity index (χ1n) is 8.31. The van der Waals surface area contributed by atoms with Crippen molar-refractivity contribution in [2.45, 2.75) is 47.7 Å². The summed E-state index contributed by atoms with van der Waals surface area (Å²) in [6.45, 7) is 12.8. The molecule has 0 spiro atoms. The van der Waals surface area contributed by atoms with Crippen molar-refractivity contribution in [2.75, 3.05) is 19.6 Å². The third-order valence-corrected chi connectivity index (χ3v) is 3.81. The van der Waals surface area contributed by atoms with Crippen molar-refractivity contribution in [3.05, 3.63) is 0 Å². The fourth-order valence-electron chi connectivity index (χ4n) is 2.58. The number of amides is 2. The van der Waals surface area contributed by atoms with E-state index in [-0.39, 0.29) is 25.8 Å². The molecule has 1 aliphatic carbocycles. The summed E-state index contributed by atoms with van der Waals surface area (Å²) >= 11 is 0. The van der Waals surface area contributed by atoms with Crippen molar-refractivity contribution in [2.24, 2.45) is 23.2 Å². The standard InChI is InChI=1S/C10H16N2O2.C4H10.C2H3F3.CH2O2/c1-10(2)7-4-12(5-8(7)10)9(14)3-11-6-13;1-4(2)3;1-2(3,4)5;2-1-3/h6-8H,3-5H2,1-2H3,(H,11,13);4H,1-3H3;1H3;1H,(H,2,3). The van der Waals surface area contributed by atoms with Crippen LogP contribution in [0.4, 0.5) is 13.2 Å². The Balaban J connectivity index is 0. The van der Waals surface area contributed by atoms with Gasteiger partial charge in [0.25, 0.3) is 6.47 Å². The van der Waals surface area contributed by atoms with E-state index in [1.54, 1.807) is 0 Å². The average molecular weight is 384 g/mol. The highest BCUT2D eigenvalue weighted by atomic mass is 19.4. The number of rotatable bonds is 3. The molecule has 1 aliphatic heterocycles. The molecule has 2 fully saturated rings. The second-order valence-corrected chi connectivity index (χ2v) is 7.45. The molecule has 0 aromatic carbocycles. The summed E-state index contributed by atoms with van der Waals surface area (Å²) in [4.78, 5) is 31.7. The number of carbonyl (C=O) groups is 3. The maximum atomic E-state index is 11.5. The van der Waals surface area contributed by atoms with E-state index in [2.05, 4.69) is 39.9 Å². The molecule has 0 aromatic rings. The molecule has 2 atom stereocenters. The molecule has 1 heterocycles. The molecule has 0 radical (unpaired) electrons. The molecule has 6 nitrogen and oxygen atoms in total. The normalized spacial score (nSPS) is 21.5. The number of hydrogen-bond donors (Lipinski definition) is 2. The minimum atomic E-state index is -4.00. The Labute approximate surface area is 153 Å². The maximum Gasteiger partial charge on any atom is 0.386 e. The molecule has 9 heteroatoms. The van der Waals surface area contributed by atoms with Crippen LogP contribution >= 0.6 is 0 Å². The van der Waals surface area contributed by atoms with Crippen molar-refractivity contribution >= 4 is 18.8 Å². The van der Waals surface area contributed by atoms with Gasteiger partial charge in [0.05, 0.1) is 6.54 Å². The van der Waals surface area contributed by atoms with Crippen molar-refractivity contribution in [1.29, 1.82) is 0 Å². The van der Waals surface area contributed by atoms with Crippen molar-refractivity contribution in [1.82, 2.24) is 10.2 Å². The van der Waals surface area contributed by atoms with Gasteiger partial charge in [0.15, 0.2) is 0 Å². The predicted molar refractivity (Wildman–Crippen MR) is 92.3 cm³/mol. The third-order valence-electron chi connectivity index (χ3n) is 3.81. The highest BCUT2D eigenvalue weighted by Crippen LogP contribution is 2.61. The summed E-state index contributed by atoms with van der Waals surface area (Å²) in [7, 11) is 0. The van der Waals surface area contributed by atoms with E-state index in [9.17, 15) is 22.8 Å².